The summed E-state index contributed by atoms with van der Waals surface area (Å²) in [4.78, 5) is 24.5. The van der Waals surface area contributed by atoms with Crippen molar-refractivity contribution >= 4 is 28.0 Å². The predicted molar refractivity (Wildman–Crippen MR) is 95.8 cm³/mol. The van der Waals surface area contributed by atoms with Gasteiger partial charge in [-0.3, -0.25) is 14.8 Å². The van der Waals surface area contributed by atoms with Crippen molar-refractivity contribution in [3.63, 3.8) is 0 Å². The van der Waals surface area contributed by atoms with Gasteiger partial charge >= 0.3 is 0 Å². The number of hydrogen-bond donors (Lipinski definition) is 1. The van der Waals surface area contributed by atoms with Crippen molar-refractivity contribution < 1.29 is 9.53 Å². The number of unbranched alkanes of at least 4 members (excludes halogenated alkanes) is 2. The Balaban J connectivity index is 1.91. The highest BCUT2D eigenvalue weighted by molar-refractivity contribution is 5.99. The van der Waals surface area contributed by atoms with Gasteiger partial charge in [0, 0.05) is 25.8 Å². The van der Waals surface area contributed by atoms with Gasteiger partial charge in [0.25, 0.3) is 0 Å². The monoisotopic (exact) mass is 341 g/mol. The first-order chi connectivity index (χ1) is 12.2. The molecule has 25 heavy (non-hydrogen) atoms. The first-order valence-corrected chi connectivity index (χ1v) is 8.65. The zero-order chi connectivity index (χ0) is 17.6. The molecule has 0 aliphatic rings. The number of carbonyl (C=O) groups excluding carboxylic acids is 1. The molecule has 0 aliphatic heterocycles. The molecule has 0 bridgehead atoms. The van der Waals surface area contributed by atoms with E-state index in [1.165, 1.54) is 0 Å². The summed E-state index contributed by atoms with van der Waals surface area (Å²) in [5.74, 6) is 0.637. The zero-order valence-electron chi connectivity index (χ0n) is 14.4. The average molecular weight is 341 g/mol. The number of pyridine rings is 2. The maximum absolute atomic E-state index is 10.9. The van der Waals surface area contributed by atoms with Gasteiger partial charge in [-0.05, 0) is 31.9 Å². The third-order valence-electron chi connectivity index (χ3n) is 4.15. The molecule has 3 heterocycles. The molecule has 132 valence electrons. The molecule has 0 fully saturated rings. The Labute approximate surface area is 146 Å². The molecule has 0 atom stereocenters. The quantitative estimate of drug-likeness (QED) is 0.603. The van der Waals surface area contributed by atoms with Crippen molar-refractivity contribution in [1.82, 2.24) is 19.5 Å². The highest BCUT2D eigenvalue weighted by Crippen LogP contribution is 2.24. The number of rotatable bonds is 9. The fraction of sp³-hybridized carbons (Fsp3) is 0.444. The Morgan fingerprint density at radius 1 is 1.24 bits per heavy atom. The number of aromatic nitrogens is 4. The third kappa shape index (κ3) is 3.93. The predicted octanol–water partition coefficient (Wildman–Crippen LogP) is 2.56. The molecular formula is C18H23N5O2. The summed E-state index contributed by atoms with van der Waals surface area (Å²) >= 11 is 0. The molecule has 3 aromatic heterocycles. The van der Waals surface area contributed by atoms with Crippen molar-refractivity contribution in [3.8, 4) is 0 Å². The van der Waals surface area contributed by atoms with Crippen LogP contribution in [0, 0.1) is 0 Å². The molecule has 7 heteroatoms. The summed E-state index contributed by atoms with van der Waals surface area (Å²) in [6, 6.07) is 3.83. The number of carbonyl (C=O) groups is 1. The van der Waals surface area contributed by atoms with Crippen LogP contribution in [-0.2, 0) is 22.7 Å². The van der Waals surface area contributed by atoms with E-state index in [1.54, 1.807) is 12.4 Å². The van der Waals surface area contributed by atoms with Gasteiger partial charge in [-0.1, -0.05) is 6.42 Å². The van der Waals surface area contributed by atoms with E-state index in [0.29, 0.717) is 19.6 Å². The normalized spacial score (nSPS) is 11.4. The van der Waals surface area contributed by atoms with E-state index in [9.17, 15) is 4.79 Å². The first-order valence-electron chi connectivity index (χ1n) is 8.65. The first kappa shape index (κ1) is 17.3. The number of ether oxygens (including phenoxy) is 1. The number of nitrogens with zero attached hydrogens (tertiary/aromatic N) is 4. The van der Waals surface area contributed by atoms with Gasteiger partial charge in [0.1, 0.15) is 23.5 Å². The van der Waals surface area contributed by atoms with Crippen LogP contribution in [0.1, 0.15) is 38.4 Å². The summed E-state index contributed by atoms with van der Waals surface area (Å²) in [6.45, 7) is 3.86. The topological polar surface area (TPSA) is 95.9 Å². The Morgan fingerprint density at radius 2 is 2.12 bits per heavy atom. The molecule has 3 aromatic rings. The molecule has 0 radical (unpaired) electrons. The lowest BCUT2D eigenvalue weighted by atomic mass is 10.2. The van der Waals surface area contributed by atoms with Crippen LogP contribution in [0.15, 0.2) is 24.5 Å². The van der Waals surface area contributed by atoms with Gasteiger partial charge in [-0.2, -0.15) is 0 Å². The Hall–Kier alpha value is -2.54. The van der Waals surface area contributed by atoms with Crippen LogP contribution in [0.3, 0.4) is 0 Å². The molecule has 0 aliphatic carbocycles. The number of amides is 1. The minimum atomic E-state index is -0.244. The Morgan fingerprint density at radius 3 is 2.92 bits per heavy atom. The van der Waals surface area contributed by atoms with E-state index in [0.717, 1.165) is 53.7 Å². The maximum Gasteiger partial charge on any atom is 0.217 e. The van der Waals surface area contributed by atoms with E-state index in [-0.39, 0.29) is 5.91 Å². The SMILES string of the molecule is CCOCc1nc2cnc3cccnc3c2n1CCCCCC(N)=O. The third-order valence-corrected chi connectivity index (χ3v) is 4.15. The average Bonchev–Trinajstić information content (AvgIpc) is 2.97. The van der Waals surface area contributed by atoms with Crippen LogP contribution in [-0.4, -0.2) is 32.0 Å². The molecule has 2 N–H and O–H groups in total. The number of imidazole rings is 1. The molecule has 0 unspecified atom stereocenters. The van der Waals surface area contributed by atoms with E-state index in [4.69, 9.17) is 10.5 Å². The molecule has 7 nitrogen and oxygen atoms in total. The lowest BCUT2D eigenvalue weighted by Crippen LogP contribution is -2.10. The molecule has 0 saturated heterocycles. The van der Waals surface area contributed by atoms with E-state index < -0.39 is 0 Å². The minimum Gasteiger partial charge on any atom is -0.374 e. The zero-order valence-corrected chi connectivity index (χ0v) is 14.4. The fourth-order valence-electron chi connectivity index (χ4n) is 2.96. The largest absolute Gasteiger partial charge is 0.374 e. The summed E-state index contributed by atoms with van der Waals surface area (Å²) in [6.07, 6.45) is 6.68. The van der Waals surface area contributed by atoms with Crippen LogP contribution in [0.4, 0.5) is 0 Å². The second-order valence-electron chi connectivity index (χ2n) is 5.96. The van der Waals surface area contributed by atoms with Crippen molar-refractivity contribution in [3.05, 3.63) is 30.4 Å². The molecule has 0 saturated carbocycles. The van der Waals surface area contributed by atoms with Crippen molar-refractivity contribution in [2.45, 2.75) is 45.8 Å². The second-order valence-corrected chi connectivity index (χ2v) is 5.96. The second kappa shape index (κ2) is 8.02. The summed E-state index contributed by atoms with van der Waals surface area (Å²) in [5.41, 5.74) is 8.73. The minimum absolute atomic E-state index is 0.244. The van der Waals surface area contributed by atoms with Gasteiger partial charge in [0.2, 0.25) is 5.91 Å². The van der Waals surface area contributed by atoms with Crippen molar-refractivity contribution in [1.29, 1.82) is 0 Å². The van der Waals surface area contributed by atoms with Gasteiger partial charge < -0.3 is 15.0 Å². The number of primary amides is 1. The van der Waals surface area contributed by atoms with Gasteiger partial charge in [-0.25, -0.2) is 4.98 Å². The fourth-order valence-corrected chi connectivity index (χ4v) is 2.96. The highest BCUT2D eigenvalue weighted by Gasteiger charge is 2.15. The number of hydrogen-bond acceptors (Lipinski definition) is 5. The molecule has 1 amide bonds. The van der Waals surface area contributed by atoms with Crippen LogP contribution < -0.4 is 5.73 Å². The highest BCUT2D eigenvalue weighted by atomic mass is 16.5. The van der Waals surface area contributed by atoms with E-state index in [2.05, 4.69) is 19.5 Å². The van der Waals surface area contributed by atoms with E-state index >= 15 is 0 Å². The molecule has 3 rings (SSSR count). The summed E-state index contributed by atoms with van der Waals surface area (Å²) < 4.78 is 7.75. The van der Waals surface area contributed by atoms with Crippen LogP contribution in [0.2, 0.25) is 0 Å². The summed E-state index contributed by atoms with van der Waals surface area (Å²) in [7, 11) is 0. The molecular weight excluding hydrogens is 318 g/mol. The lowest BCUT2D eigenvalue weighted by Gasteiger charge is -2.10. The molecule has 0 spiro atoms. The van der Waals surface area contributed by atoms with Crippen LogP contribution in [0.5, 0.6) is 0 Å². The van der Waals surface area contributed by atoms with Crippen LogP contribution in [0.25, 0.3) is 22.1 Å². The van der Waals surface area contributed by atoms with Gasteiger partial charge in [0.05, 0.1) is 17.2 Å². The Kier molecular flexibility index (Phi) is 5.55. The molecule has 0 aromatic carbocycles. The van der Waals surface area contributed by atoms with Crippen molar-refractivity contribution in [2.75, 3.05) is 6.61 Å². The number of aryl methyl sites for hydroxylation is 1. The number of fused-ring (bicyclic) bond motifs is 3. The number of nitrogens with two attached hydrogens (primary N) is 1. The maximum atomic E-state index is 10.9. The summed E-state index contributed by atoms with van der Waals surface area (Å²) in [5, 5.41) is 0. The standard InChI is InChI=1S/C18H23N5O2/c1-2-25-12-16-22-14-11-21-13-7-6-9-20-17(13)18(14)23(16)10-5-3-4-8-15(19)24/h6-7,9,11H,2-5,8,10,12H2,1H3,(H2,19,24). The van der Waals surface area contributed by atoms with Crippen molar-refractivity contribution in [2.24, 2.45) is 5.73 Å². The Bertz CT molecular complexity index is 874. The van der Waals surface area contributed by atoms with Crippen LogP contribution >= 0.6 is 0 Å². The van der Waals surface area contributed by atoms with E-state index in [1.807, 2.05) is 19.1 Å². The van der Waals surface area contributed by atoms with Gasteiger partial charge in [-0.15, -0.1) is 0 Å². The van der Waals surface area contributed by atoms with Gasteiger partial charge in [0.15, 0.2) is 0 Å². The lowest BCUT2D eigenvalue weighted by molar-refractivity contribution is -0.118. The smallest absolute Gasteiger partial charge is 0.217 e.